The number of nitrogens with one attached hydrogen (secondary N) is 1. The van der Waals surface area contributed by atoms with Crippen LogP contribution in [-0.4, -0.2) is 69.9 Å². The molecule has 2 aromatic heterocycles. The standard InChI is InChI=1S/C15H20N6O3S/c1-11(2)13-4-3-12(9-16-13)14(22)20-5-7-21(8-6-20)25(23,24)15-17-10-18-19-15/h3-4,9-11H,5-8H2,1-2H3,(H,17,18,19). The number of nitrogens with zero attached hydrogens (tertiary/aromatic N) is 5. The van der Waals surface area contributed by atoms with E-state index in [1.807, 2.05) is 19.9 Å². The summed E-state index contributed by atoms with van der Waals surface area (Å²) >= 11 is 0. The van der Waals surface area contributed by atoms with Gasteiger partial charge in [0.2, 0.25) is 0 Å². The molecule has 9 nitrogen and oxygen atoms in total. The number of amides is 1. The van der Waals surface area contributed by atoms with Gasteiger partial charge in [-0.15, -0.1) is 0 Å². The molecule has 0 bridgehead atoms. The zero-order chi connectivity index (χ0) is 18.0. The molecular weight excluding hydrogens is 344 g/mol. The van der Waals surface area contributed by atoms with Crippen LogP contribution in [0, 0.1) is 0 Å². The fourth-order valence-corrected chi connectivity index (χ4v) is 3.87. The van der Waals surface area contributed by atoms with Crippen molar-refractivity contribution >= 4 is 15.9 Å². The SMILES string of the molecule is CC(C)c1ccc(C(=O)N2CCN(S(=O)(=O)c3ncn[nH]3)CC2)cn1. The summed E-state index contributed by atoms with van der Waals surface area (Å²) in [6, 6.07) is 3.62. The molecule has 1 aliphatic heterocycles. The molecule has 1 saturated heterocycles. The maximum Gasteiger partial charge on any atom is 0.278 e. The molecule has 0 aliphatic carbocycles. The number of piperazine rings is 1. The summed E-state index contributed by atoms with van der Waals surface area (Å²) in [6.07, 6.45) is 2.73. The second-order valence-corrected chi connectivity index (χ2v) is 7.97. The van der Waals surface area contributed by atoms with Gasteiger partial charge in [0.25, 0.3) is 21.1 Å². The third kappa shape index (κ3) is 3.54. The Hall–Kier alpha value is -2.33. The van der Waals surface area contributed by atoms with Crippen molar-refractivity contribution in [2.24, 2.45) is 0 Å². The largest absolute Gasteiger partial charge is 0.336 e. The van der Waals surface area contributed by atoms with Gasteiger partial charge in [-0.2, -0.15) is 9.40 Å². The van der Waals surface area contributed by atoms with E-state index in [1.165, 1.54) is 4.31 Å². The first kappa shape index (κ1) is 17.5. The van der Waals surface area contributed by atoms with Crippen LogP contribution in [0.2, 0.25) is 0 Å². The Morgan fingerprint density at radius 2 is 1.88 bits per heavy atom. The van der Waals surface area contributed by atoms with E-state index in [9.17, 15) is 13.2 Å². The summed E-state index contributed by atoms with van der Waals surface area (Å²) in [7, 11) is -3.69. The molecule has 0 aromatic carbocycles. The Morgan fingerprint density at radius 3 is 2.40 bits per heavy atom. The lowest BCUT2D eigenvalue weighted by atomic mass is 10.1. The molecule has 0 radical (unpaired) electrons. The van der Waals surface area contributed by atoms with Crippen molar-refractivity contribution in [1.82, 2.24) is 29.4 Å². The van der Waals surface area contributed by atoms with Gasteiger partial charge in [-0.05, 0) is 18.1 Å². The van der Waals surface area contributed by atoms with Gasteiger partial charge in [0.05, 0.1) is 5.56 Å². The zero-order valence-electron chi connectivity index (χ0n) is 14.1. The Bertz CT molecular complexity index is 825. The fraction of sp³-hybridized carbons (Fsp3) is 0.467. The minimum absolute atomic E-state index is 0.139. The zero-order valence-corrected chi connectivity index (χ0v) is 14.9. The lowest BCUT2D eigenvalue weighted by molar-refractivity contribution is 0.0697. The number of hydrogen-bond acceptors (Lipinski definition) is 6. The predicted molar refractivity (Wildman–Crippen MR) is 89.4 cm³/mol. The summed E-state index contributed by atoms with van der Waals surface area (Å²) in [5, 5.41) is 5.76. The molecule has 1 amide bonds. The van der Waals surface area contributed by atoms with E-state index in [4.69, 9.17) is 0 Å². The minimum Gasteiger partial charge on any atom is -0.336 e. The highest BCUT2D eigenvalue weighted by molar-refractivity contribution is 7.88. The van der Waals surface area contributed by atoms with Crippen LogP contribution in [0.5, 0.6) is 0 Å². The maximum atomic E-state index is 12.6. The van der Waals surface area contributed by atoms with Crippen LogP contribution in [0.4, 0.5) is 0 Å². The van der Waals surface area contributed by atoms with E-state index in [0.29, 0.717) is 24.6 Å². The van der Waals surface area contributed by atoms with E-state index in [-0.39, 0.29) is 24.2 Å². The smallest absolute Gasteiger partial charge is 0.278 e. The van der Waals surface area contributed by atoms with E-state index in [2.05, 4.69) is 20.2 Å². The fourth-order valence-electron chi connectivity index (χ4n) is 2.63. The van der Waals surface area contributed by atoms with Crippen LogP contribution < -0.4 is 0 Å². The van der Waals surface area contributed by atoms with E-state index in [1.54, 1.807) is 17.2 Å². The third-order valence-corrected chi connectivity index (χ3v) is 5.86. The number of carbonyl (C=O) groups is 1. The highest BCUT2D eigenvalue weighted by Crippen LogP contribution is 2.16. The number of rotatable bonds is 4. The molecule has 10 heteroatoms. The molecule has 0 unspecified atom stereocenters. The van der Waals surface area contributed by atoms with E-state index in [0.717, 1.165) is 12.0 Å². The highest BCUT2D eigenvalue weighted by Gasteiger charge is 2.32. The Labute approximate surface area is 146 Å². The lowest BCUT2D eigenvalue weighted by Gasteiger charge is -2.33. The van der Waals surface area contributed by atoms with Crippen LogP contribution >= 0.6 is 0 Å². The van der Waals surface area contributed by atoms with Crippen molar-refractivity contribution in [1.29, 1.82) is 0 Å². The monoisotopic (exact) mass is 364 g/mol. The van der Waals surface area contributed by atoms with Crippen LogP contribution in [0.3, 0.4) is 0 Å². The second kappa shape index (κ2) is 6.89. The molecule has 0 saturated carbocycles. The normalized spacial score (nSPS) is 16.4. The van der Waals surface area contributed by atoms with Crippen LogP contribution in [0.15, 0.2) is 29.8 Å². The van der Waals surface area contributed by atoms with Gasteiger partial charge in [-0.1, -0.05) is 13.8 Å². The van der Waals surface area contributed by atoms with Gasteiger partial charge < -0.3 is 4.90 Å². The molecule has 0 atom stereocenters. The van der Waals surface area contributed by atoms with Crippen molar-refractivity contribution in [3.63, 3.8) is 0 Å². The number of aromatic amines is 1. The molecular formula is C15H20N6O3S. The summed E-state index contributed by atoms with van der Waals surface area (Å²) in [5.41, 5.74) is 1.44. The van der Waals surface area contributed by atoms with Gasteiger partial charge in [-0.3, -0.25) is 9.78 Å². The van der Waals surface area contributed by atoms with E-state index >= 15 is 0 Å². The Kier molecular flexibility index (Phi) is 4.82. The van der Waals surface area contributed by atoms with Crippen LogP contribution in [0.25, 0.3) is 0 Å². The van der Waals surface area contributed by atoms with Crippen molar-refractivity contribution in [2.75, 3.05) is 26.2 Å². The first-order valence-electron chi connectivity index (χ1n) is 8.00. The average Bonchev–Trinajstić information content (AvgIpc) is 3.17. The summed E-state index contributed by atoms with van der Waals surface area (Å²) in [6.45, 7) is 5.14. The van der Waals surface area contributed by atoms with Gasteiger partial charge in [-0.25, -0.2) is 18.5 Å². The number of carbonyl (C=O) groups excluding carboxylic acids is 1. The average molecular weight is 364 g/mol. The number of pyridine rings is 1. The lowest BCUT2D eigenvalue weighted by Crippen LogP contribution is -2.50. The Balaban J connectivity index is 1.65. The second-order valence-electron chi connectivity index (χ2n) is 6.11. The molecule has 3 rings (SSSR count). The number of sulfonamides is 1. The predicted octanol–water partition coefficient (Wildman–Crippen LogP) is 0.470. The van der Waals surface area contributed by atoms with Gasteiger partial charge >= 0.3 is 0 Å². The van der Waals surface area contributed by atoms with Gasteiger partial charge in [0.1, 0.15) is 6.33 Å². The topological polar surface area (TPSA) is 112 Å². The van der Waals surface area contributed by atoms with Crippen molar-refractivity contribution in [2.45, 2.75) is 24.9 Å². The molecule has 1 N–H and O–H groups in total. The van der Waals surface area contributed by atoms with Crippen LogP contribution in [0.1, 0.15) is 35.8 Å². The first-order chi connectivity index (χ1) is 11.9. The molecule has 1 aliphatic rings. The maximum absolute atomic E-state index is 12.6. The molecule has 3 heterocycles. The van der Waals surface area contributed by atoms with Crippen LogP contribution in [-0.2, 0) is 10.0 Å². The first-order valence-corrected chi connectivity index (χ1v) is 9.44. The quantitative estimate of drug-likeness (QED) is 0.844. The molecule has 0 spiro atoms. The number of hydrogen-bond donors (Lipinski definition) is 1. The summed E-state index contributed by atoms with van der Waals surface area (Å²) in [5.74, 6) is 0.161. The van der Waals surface area contributed by atoms with Crippen molar-refractivity contribution < 1.29 is 13.2 Å². The molecule has 25 heavy (non-hydrogen) atoms. The third-order valence-electron chi connectivity index (χ3n) is 4.13. The molecule has 2 aromatic rings. The number of aromatic nitrogens is 4. The molecule has 1 fully saturated rings. The van der Waals surface area contributed by atoms with Crippen molar-refractivity contribution in [3.8, 4) is 0 Å². The van der Waals surface area contributed by atoms with Gasteiger partial charge in [0.15, 0.2) is 0 Å². The van der Waals surface area contributed by atoms with Crippen molar-refractivity contribution in [3.05, 3.63) is 35.9 Å². The molecule has 134 valence electrons. The van der Waals surface area contributed by atoms with E-state index < -0.39 is 10.0 Å². The van der Waals surface area contributed by atoms with Gasteiger partial charge in [0, 0.05) is 38.1 Å². The minimum atomic E-state index is -3.69. The highest BCUT2D eigenvalue weighted by atomic mass is 32.2. The summed E-state index contributed by atoms with van der Waals surface area (Å²) < 4.78 is 26.1. The Morgan fingerprint density at radius 1 is 1.16 bits per heavy atom. The number of H-pyrrole nitrogens is 1. The summed E-state index contributed by atoms with van der Waals surface area (Å²) in [4.78, 5) is 22.2.